The van der Waals surface area contributed by atoms with Crippen molar-refractivity contribution in [3.63, 3.8) is 0 Å². The summed E-state index contributed by atoms with van der Waals surface area (Å²) in [5, 5.41) is 14.5. The van der Waals surface area contributed by atoms with E-state index in [0.29, 0.717) is 0 Å². The van der Waals surface area contributed by atoms with Crippen LogP contribution in [0.2, 0.25) is 0 Å². The van der Waals surface area contributed by atoms with Crippen molar-refractivity contribution in [1.82, 2.24) is 20.2 Å². The Kier molecular flexibility index (Phi) is 5.58. The predicted molar refractivity (Wildman–Crippen MR) is 76.7 cm³/mol. The average molecular weight is 276 g/mol. The Morgan fingerprint density at radius 2 is 2.16 bits per heavy atom. The molecule has 0 unspecified atom stereocenters. The van der Waals surface area contributed by atoms with Gasteiger partial charge in [-0.05, 0) is 22.1 Å². The van der Waals surface area contributed by atoms with Gasteiger partial charge in [-0.3, -0.25) is 0 Å². The van der Waals surface area contributed by atoms with Gasteiger partial charge >= 0.3 is 0 Å². The number of quaternary nitrogens is 1. The lowest BCUT2D eigenvalue weighted by molar-refractivity contribution is -0.641. The van der Waals surface area contributed by atoms with E-state index in [0.717, 1.165) is 24.0 Å². The fourth-order valence-electron chi connectivity index (χ4n) is 1.56. The fraction of sp³-hybridized carbons (Fsp3) is 0.308. The van der Waals surface area contributed by atoms with Crippen LogP contribution in [0.25, 0.3) is 6.08 Å². The van der Waals surface area contributed by atoms with Gasteiger partial charge < -0.3 is 5.32 Å². The Hall–Kier alpha value is -1.66. The molecule has 0 aliphatic heterocycles. The van der Waals surface area contributed by atoms with Gasteiger partial charge in [-0.25, -0.2) is 4.68 Å². The van der Waals surface area contributed by atoms with Crippen molar-refractivity contribution in [3.8, 4) is 0 Å². The summed E-state index contributed by atoms with van der Waals surface area (Å²) in [6.07, 6.45) is 4.33. The Morgan fingerprint density at radius 3 is 2.89 bits per heavy atom. The van der Waals surface area contributed by atoms with Gasteiger partial charge in [-0.15, -0.1) is 5.10 Å². The molecule has 1 aromatic carbocycles. The zero-order chi connectivity index (χ0) is 13.3. The molecule has 19 heavy (non-hydrogen) atoms. The molecular formula is C13H18N5S+. The monoisotopic (exact) mass is 276 g/mol. The van der Waals surface area contributed by atoms with Crippen LogP contribution in [0.1, 0.15) is 5.56 Å². The van der Waals surface area contributed by atoms with E-state index < -0.39 is 0 Å². The molecule has 6 heteroatoms. The van der Waals surface area contributed by atoms with Crippen molar-refractivity contribution < 1.29 is 5.32 Å². The normalized spacial score (nSPS) is 11.2. The lowest BCUT2D eigenvalue weighted by Crippen LogP contribution is -2.84. The number of rotatable bonds is 7. The first kappa shape index (κ1) is 13.8. The van der Waals surface area contributed by atoms with Crippen molar-refractivity contribution in [2.75, 3.05) is 18.8 Å². The summed E-state index contributed by atoms with van der Waals surface area (Å²) in [6.45, 7) is 2.04. The second-order valence-electron chi connectivity index (χ2n) is 4.06. The van der Waals surface area contributed by atoms with Crippen LogP contribution in [-0.2, 0) is 7.05 Å². The smallest absolute Gasteiger partial charge is 0.209 e. The molecule has 0 amide bonds. The van der Waals surface area contributed by atoms with Gasteiger partial charge in [0.1, 0.15) is 0 Å². The Bertz CT molecular complexity index is 509. The third-order valence-corrected chi connectivity index (χ3v) is 3.59. The van der Waals surface area contributed by atoms with Crippen molar-refractivity contribution in [1.29, 1.82) is 0 Å². The van der Waals surface area contributed by atoms with Gasteiger partial charge in [-0.1, -0.05) is 48.2 Å². The van der Waals surface area contributed by atoms with Crippen molar-refractivity contribution in [3.05, 3.63) is 42.0 Å². The number of nitrogens with two attached hydrogens (primary N) is 1. The van der Waals surface area contributed by atoms with Crippen molar-refractivity contribution in [2.45, 2.75) is 5.16 Å². The number of hydrogen-bond donors (Lipinski definition) is 1. The third kappa shape index (κ3) is 4.84. The van der Waals surface area contributed by atoms with Crippen molar-refractivity contribution >= 4 is 17.8 Å². The first-order valence-electron chi connectivity index (χ1n) is 6.24. The first-order valence-corrected chi connectivity index (χ1v) is 7.23. The quantitative estimate of drug-likeness (QED) is 0.593. The van der Waals surface area contributed by atoms with E-state index >= 15 is 0 Å². The highest BCUT2D eigenvalue weighted by Gasteiger charge is 2.01. The molecule has 1 aromatic heterocycles. The van der Waals surface area contributed by atoms with E-state index in [1.54, 1.807) is 16.4 Å². The number of nitrogens with zero attached hydrogens (tertiary/aromatic N) is 4. The molecule has 100 valence electrons. The van der Waals surface area contributed by atoms with Crippen LogP contribution in [0.4, 0.5) is 0 Å². The van der Waals surface area contributed by atoms with Gasteiger partial charge in [0.25, 0.3) is 0 Å². The maximum absolute atomic E-state index is 3.93. The summed E-state index contributed by atoms with van der Waals surface area (Å²) in [4.78, 5) is 0. The Morgan fingerprint density at radius 1 is 1.32 bits per heavy atom. The number of hydrogen-bond acceptors (Lipinski definition) is 4. The van der Waals surface area contributed by atoms with Crippen LogP contribution >= 0.6 is 11.8 Å². The van der Waals surface area contributed by atoms with Gasteiger partial charge in [0.05, 0.1) is 18.8 Å². The third-order valence-electron chi connectivity index (χ3n) is 2.55. The second kappa shape index (κ2) is 7.70. The van der Waals surface area contributed by atoms with Crippen molar-refractivity contribution in [2.24, 2.45) is 7.05 Å². The Labute approximate surface area is 117 Å². The number of benzene rings is 1. The summed E-state index contributed by atoms with van der Waals surface area (Å²) in [5.74, 6) is 1.01. The average Bonchev–Trinajstić information content (AvgIpc) is 2.84. The van der Waals surface area contributed by atoms with Crippen LogP contribution < -0.4 is 5.32 Å². The molecule has 0 aliphatic rings. The summed E-state index contributed by atoms with van der Waals surface area (Å²) < 4.78 is 1.69. The standard InChI is InChI=1S/C13H17N5S/c1-18-13(15-16-17-18)19-11-10-14-9-5-8-12-6-3-2-4-7-12/h2-8,14H,9-11H2,1H3/p+1/b8-5+. The van der Waals surface area contributed by atoms with Gasteiger partial charge in [0.15, 0.2) is 0 Å². The van der Waals surface area contributed by atoms with E-state index in [9.17, 15) is 0 Å². The van der Waals surface area contributed by atoms with Crippen LogP contribution in [0.5, 0.6) is 0 Å². The molecule has 0 saturated carbocycles. The van der Waals surface area contributed by atoms with E-state index in [4.69, 9.17) is 0 Å². The second-order valence-corrected chi connectivity index (χ2v) is 5.12. The fourth-order valence-corrected chi connectivity index (χ4v) is 2.34. The Balaban J connectivity index is 1.58. The molecule has 2 rings (SSSR count). The summed E-state index contributed by atoms with van der Waals surface area (Å²) in [5.41, 5.74) is 1.25. The molecule has 0 radical (unpaired) electrons. The number of thioether (sulfide) groups is 1. The summed E-state index contributed by atoms with van der Waals surface area (Å²) in [7, 11) is 1.86. The molecule has 5 nitrogen and oxygen atoms in total. The summed E-state index contributed by atoms with van der Waals surface area (Å²) in [6, 6.07) is 10.3. The zero-order valence-electron chi connectivity index (χ0n) is 10.9. The minimum absolute atomic E-state index is 0.869. The summed E-state index contributed by atoms with van der Waals surface area (Å²) >= 11 is 1.68. The molecule has 0 spiro atoms. The molecule has 2 N–H and O–H groups in total. The van der Waals surface area contributed by atoms with E-state index in [1.807, 2.05) is 13.1 Å². The lowest BCUT2D eigenvalue weighted by Gasteiger charge is -1.98. The van der Waals surface area contributed by atoms with E-state index in [2.05, 4.69) is 57.3 Å². The van der Waals surface area contributed by atoms with Gasteiger partial charge in [-0.2, -0.15) is 0 Å². The molecule has 0 fully saturated rings. The molecular weight excluding hydrogens is 258 g/mol. The predicted octanol–water partition coefficient (Wildman–Crippen LogP) is 0.579. The van der Waals surface area contributed by atoms with Gasteiger partial charge in [0.2, 0.25) is 5.16 Å². The number of tetrazole rings is 1. The molecule has 0 atom stereocenters. The van der Waals surface area contributed by atoms with E-state index in [-0.39, 0.29) is 0 Å². The maximum atomic E-state index is 3.93. The highest BCUT2D eigenvalue weighted by Crippen LogP contribution is 2.09. The SMILES string of the molecule is Cn1nnnc1SCC[NH2+]C/C=C/c1ccccc1. The molecule has 0 aliphatic carbocycles. The van der Waals surface area contributed by atoms with E-state index in [1.165, 1.54) is 5.56 Å². The topological polar surface area (TPSA) is 60.2 Å². The molecule has 0 bridgehead atoms. The first-order chi connectivity index (χ1) is 9.36. The zero-order valence-corrected chi connectivity index (χ0v) is 11.8. The molecule has 0 saturated heterocycles. The minimum atomic E-state index is 0.869. The highest BCUT2D eigenvalue weighted by molar-refractivity contribution is 7.99. The van der Waals surface area contributed by atoms with Crippen LogP contribution in [0.3, 0.4) is 0 Å². The molecule has 2 aromatic rings. The number of aromatic nitrogens is 4. The largest absolute Gasteiger partial charge is 0.342 e. The maximum Gasteiger partial charge on any atom is 0.209 e. The van der Waals surface area contributed by atoms with Crippen LogP contribution in [0, 0.1) is 0 Å². The molecule has 1 heterocycles. The van der Waals surface area contributed by atoms with Crippen LogP contribution in [0.15, 0.2) is 41.6 Å². The lowest BCUT2D eigenvalue weighted by atomic mass is 10.2. The minimum Gasteiger partial charge on any atom is -0.342 e. The van der Waals surface area contributed by atoms with Crippen LogP contribution in [-0.4, -0.2) is 39.0 Å². The highest BCUT2D eigenvalue weighted by atomic mass is 32.2. The van der Waals surface area contributed by atoms with Gasteiger partial charge in [0, 0.05) is 7.05 Å². The number of aryl methyl sites for hydroxylation is 1.